The first kappa shape index (κ1) is 21.2. The molecule has 8 nitrogen and oxygen atoms in total. The van der Waals surface area contributed by atoms with Crippen molar-refractivity contribution in [2.24, 2.45) is 0 Å². The van der Waals surface area contributed by atoms with E-state index in [4.69, 9.17) is 9.47 Å². The summed E-state index contributed by atoms with van der Waals surface area (Å²) in [6.45, 7) is 6.21. The Hall–Kier alpha value is -1.52. The first-order valence-electron chi connectivity index (χ1n) is 9.66. The summed E-state index contributed by atoms with van der Waals surface area (Å²) in [5.74, 6) is -0.110. The molecule has 2 fully saturated rings. The van der Waals surface area contributed by atoms with E-state index in [9.17, 15) is 13.2 Å². The summed E-state index contributed by atoms with van der Waals surface area (Å²) in [5.41, 5.74) is 1.01. The molecule has 2 heterocycles. The zero-order chi connectivity index (χ0) is 20.1. The Morgan fingerprint density at radius 2 is 1.64 bits per heavy atom. The van der Waals surface area contributed by atoms with Gasteiger partial charge in [-0.15, -0.1) is 0 Å². The second-order valence-corrected chi connectivity index (χ2v) is 9.27. The summed E-state index contributed by atoms with van der Waals surface area (Å²) in [5, 5.41) is 0. The maximum atomic E-state index is 12.9. The minimum absolute atomic E-state index is 0.000136. The molecule has 0 spiro atoms. The highest BCUT2D eigenvalue weighted by molar-refractivity contribution is 7.86. The van der Waals surface area contributed by atoms with Crippen molar-refractivity contribution < 1.29 is 22.7 Å². The Morgan fingerprint density at radius 3 is 2.25 bits per heavy atom. The molecule has 28 heavy (non-hydrogen) atoms. The lowest BCUT2D eigenvalue weighted by Crippen LogP contribution is -2.58. The van der Waals surface area contributed by atoms with Gasteiger partial charge < -0.3 is 14.4 Å². The summed E-state index contributed by atoms with van der Waals surface area (Å²) in [6.07, 6.45) is -0.244. The fraction of sp³-hybridized carbons (Fsp3) is 0.632. The van der Waals surface area contributed by atoms with Gasteiger partial charge in [0.15, 0.2) is 0 Å². The zero-order valence-electron chi connectivity index (χ0n) is 16.5. The summed E-state index contributed by atoms with van der Waals surface area (Å²) in [6, 6.07) is 9.68. The third-order valence-electron chi connectivity index (χ3n) is 4.97. The molecule has 1 aromatic rings. The molecule has 0 aromatic heterocycles. The molecule has 0 radical (unpaired) electrons. The van der Waals surface area contributed by atoms with Gasteiger partial charge in [-0.2, -0.15) is 17.0 Å². The van der Waals surface area contributed by atoms with E-state index in [1.807, 2.05) is 44.2 Å². The molecule has 0 N–H and O–H groups in total. The van der Waals surface area contributed by atoms with Crippen molar-refractivity contribution in [3.8, 4) is 0 Å². The average molecular weight is 412 g/mol. The number of carbonyl (C=O) groups excluding carboxylic acids is 1. The molecule has 1 amide bonds. The largest absolute Gasteiger partial charge is 0.373 e. The molecular formula is C19H29N3O5S. The number of ether oxygens (including phenoxy) is 2. The second kappa shape index (κ2) is 9.32. The Morgan fingerprint density at radius 1 is 1.04 bits per heavy atom. The first-order valence-corrected chi connectivity index (χ1v) is 11.1. The van der Waals surface area contributed by atoms with E-state index in [0.29, 0.717) is 45.9 Å². The number of carbonyl (C=O) groups is 1. The zero-order valence-corrected chi connectivity index (χ0v) is 17.3. The lowest BCUT2D eigenvalue weighted by atomic mass is 10.2. The van der Waals surface area contributed by atoms with Crippen LogP contribution in [0.25, 0.3) is 0 Å². The number of rotatable bonds is 6. The summed E-state index contributed by atoms with van der Waals surface area (Å²) in [7, 11) is -3.54. The predicted molar refractivity (Wildman–Crippen MR) is 105 cm³/mol. The molecule has 0 aliphatic carbocycles. The van der Waals surface area contributed by atoms with Gasteiger partial charge in [0.2, 0.25) is 5.91 Å². The van der Waals surface area contributed by atoms with Crippen LogP contribution in [0.3, 0.4) is 0 Å². The molecule has 2 aliphatic heterocycles. The molecule has 9 heteroatoms. The number of amides is 1. The van der Waals surface area contributed by atoms with E-state index in [1.54, 1.807) is 4.90 Å². The van der Waals surface area contributed by atoms with Crippen molar-refractivity contribution in [3.05, 3.63) is 35.9 Å². The SMILES string of the molecule is CC1CN(S(=O)(=O)N2CCN(C(=O)COCc3ccccc3)CC2)CC(C)O1. The van der Waals surface area contributed by atoms with Gasteiger partial charge in [0.05, 0.1) is 18.8 Å². The van der Waals surface area contributed by atoms with E-state index < -0.39 is 10.2 Å². The third kappa shape index (κ3) is 5.30. The smallest absolute Gasteiger partial charge is 0.282 e. The van der Waals surface area contributed by atoms with Crippen molar-refractivity contribution >= 4 is 16.1 Å². The van der Waals surface area contributed by atoms with Crippen LogP contribution in [0, 0.1) is 0 Å². The summed E-state index contributed by atoms with van der Waals surface area (Å²) >= 11 is 0. The fourth-order valence-electron chi connectivity index (χ4n) is 3.57. The highest BCUT2D eigenvalue weighted by Gasteiger charge is 2.37. The first-order chi connectivity index (χ1) is 13.4. The second-order valence-electron chi connectivity index (χ2n) is 7.34. The van der Waals surface area contributed by atoms with E-state index >= 15 is 0 Å². The van der Waals surface area contributed by atoms with Crippen molar-refractivity contribution in [3.63, 3.8) is 0 Å². The van der Waals surface area contributed by atoms with Gasteiger partial charge in [-0.25, -0.2) is 0 Å². The van der Waals surface area contributed by atoms with Crippen molar-refractivity contribution in [1.82, 2.24) is 13.5 Å². The van der Waals surface area contributed by atoms with E-state index in [0.717, 1.165) is 5.56 Å². The van der Waals surface area contributed by atoms with Crippen molar-refractivity contribution in [2.75, 3.05) is 45.9 Å². The summed E-state index contributed by atoms with van der Waals surface area (Å²) in [4.78, 5) is 14.0. The van der Waals surface area contributed by atoms with Gasteiger partial charge in [0.1, 0.15) is 6.61 Å². The number of benzene rings is 1. The van der Waals surface area contributed by atoms with Crippen LogP contribution in [-0.4, -0.2) is 85.9 Å². The maximum Gasteiger partial charge on any atom is 0.282 e. The standard InChI is InChI=1S/C19H29N3O5S/c1-16-12-22(13-17(2)27-16)28(24,25)21-10-8-20(9-11-21)19(23)15-26-14-18-6-4-3-5-7-18/h3-7,16-17H,8-15H2,1-2H3. The van der Waals surface area contributed by atoms with Crippen LogP contribution in [0.5, 0.6) is 0 Å². The molecule has 2 atom stereocenters. The monoisotopic (exact) mass is 411 g/mol. The Kier molecular flexibility index (Phi) is 7.05. The van der Waals surface area contributed by atoms with Crippen LogP contribution >= 0.6 is 0 Å². The normalized spacial score (nSPS) is 25.0. The molecule has 3 rings (SSSR count). The Bertz CT molecular complexity index is 740. The minimum Gasteiger partial charge on any atom is -0.373 e. The molecule has 0 saturated carbocycles. The van der Waals surface area contributed by atoms with E-state index in [1.165, 1.54) is 8.61 Å². The number of morpholine rings is 1. The lowest BCUT2D eigenvalue weighted by molar-refractivity contribution is -0.137. The average Bonchev–Trinajstić information content (AvgIpc) is 2.68. The Balaban J connectivity index is 1.46. The number of hydrogen-bond acceptors (Lipinski definition) is 5. The van der Waals surface area contributed by atoms with Crippen LogP contribution in [0.1, 0.15) is 19.4 Å². The number of hydrogen-bond donors (Lipinski definition) is 0. The van der Waals surface area contributed by atoms with Gasteiger partial charge in [-0.1, -0.05) is 30.3 Å². The van der Waals surface area contributed by atoms with Crippen molar-refractivity contribution in [2.45, 2.75) is 32.7 Å². The third-order valence-corrected chi connectivity index (χ3v) is 6.94. The quantitative estimate of drug-likeness (QED) is 0.689. The lowest BCUT2D eigenvalue weighted by Gasteiger charge is -2.40. The molecule has 2 aliphatic rings. The Labute approximate surface area is 167 Å². The molecule has 2 saturated heterocycles. The van der Waals surface area contributed by atoms with Crippen LogP contribution < -0.4 is 0 Å². The van der Waals surface area contributed by atoms with Crippen LogP contribution in [0.15, 0.2) is 30.3 Å². The molecular weight excluding hydrogens is 382 g/mol. The highest BCUT2D eigenvalue weighted by atomic mass is 32.2. The fourth-order valence-corrected chi connectivity index (χ4v) is 5.32. The van der Waals surface area contributed by atoms with E-state index in [-0.39, 0.29) is 24.7 Å². The van der Waals surface area contributed by atoms with E-state index in [2.05, 4.69) is 0 Å². The maximum absolute atomic E-state index is 12.9. The van der Waals surface area contributed by atoms with Crippen LogP contribution in [-0.2, 0) is 31.1 Å². The highest BCUT2D eigenvalue weighted by Crippen LogP contribution is 2.19. The molecule has 0 bridgehead atoms. The van der Waals surface area contributed by atoms with Gasteiger partial charge in [0.25, 0.3) is 10.2 Å². The van der Waals surface area contributed by atoms with Gasteiger partial charge in [-0.3, -0.25) is 4.79 Å². The van der Waals surface area contributed by atoms with Gasteiger partial charge >= 0.3 is 0 Å². The minimum atomic E-state index is -3.54. The molecule has 1 aromatic carbocycles. The van der Waals surface area contributed by atoms with Crippen LogP contribution in [0.4, 0.5) is 0 Å². The summed E-state index contributed by atoms with van der Waals surface area (Å²) < 4.78 is 39.9. The van der Waals surface area contributed by atoms with Gasteiger partial charge in [-0.05, 0) is 19.4 Å². The topological polar surface area (TPSA) is 79.4 Å². The number of piperazine rings is 1. The molecule has 156 valence electrons. The van der Waals surface area contributed by atoms with Crippen molar-refractivity contribution in [1.29, 1.82) is 0 Å². The molecule has 2 unspecified atom stereocenters. The van der Waals surface area contributed by atoms with Gasteiger partial charge in [0, 0.05) is 39.3 Å². The predicted octanol–water partition coefficient (Wildman–Crippen LogP) is 0.701. The number of nitrogens with zero attached hydrogens (tertiary/aromatic N) is 3. The van der Waals surface area contributed by atoms with Crippen LogP contribution in [0.2, 0.25) is 0 Å².